The second kappa shape index (κ2) is 3.68. The van der Waals surface area contributed by atoms with E-state index in [1.54, 1.807) is 7.11 Å². The Labute approximate surface area is 60.7 Å². The summed E-state index contributed by atoms with van der Waals surface area (Å²) in [7, 11) is 1.56. The van der Waals surface area contributed by atoms with Crippen LogP contribution in [0.1, 0.15) is 6.42 Å². The highest BCUT2D eigenvalue weighted by atomic mass is 16.5. The molecule has 0 bridgehead atoms. The van der Waals surface area contributed by atoms with Crippen molar-refractivity contribution < 1.29 is 9.53 Å². The standard InChI is InChI=1S/C7H13NO2/c1-10-5-7(9)6-2-3-8-4-6/h6,8H,2-5H2,1H3/t6-/m1/s1. The van der Waals surface area contributed by atoms with Crippen molar-refractivity contribution in [3.63, 3.8) is 0 Å². The number of methoxy groups -OCH3 is 1. The molecule has 10 heavy (non-hydrogen) atoms. The van der Waals surface area contributed by atoms with Crippen molar-refractivity contribution in [3.05, 3.63) is 0 Å². The Morgan fingerprint density at radius 1 is 1.80 bits per heavy atom. The molecule has 3 nitrogen and oxygen atoms in total. The van der Waals surface area contributed by atoms with Crippen LogP contribution >= 0.6 is 0 Å². The van der Waals surface area contributed by atoms with E-state index in [9.17, 15) is 4.79 Å². The molecule has 1 saturated heterocycles. The first-order chi connectivity index (χ1) is 4.84. The first-order valence-electron chi connectivity index (χ1n) is 3.57. The zero-order valence-electron chi connectivity index (χ0n) is 6.22. The van der Waals surface area contributed by atoms with Gasteiger partial charge < -0.3 is 10.1 Å². The number of carbonyl (C=O) groups excluding carboxylic acids is 1. The average molecular weight is 143 g/mol. The van der Waals surface area contributed by atoms with E-state index in [1.165, 1.54) is 0 Å². The highest BCUT2D eigenvalue weighted by Gasteiger charge is 2.21. The van der Waals surface area contributed by atoms with Crippen LogP contribution in [0.2, 0.25) is 0 Å². The third-order valence-electron chi connectivity index (χ3n) is 1.80. The van der Waals surface area contributed by atoms with Gasteiger partial charge in [0, 0.05) is 19.6 Å². The van der Waals surface area contributed by atoms with Gasteiger partial charge in [0.25, 0.3) is 0 Å². The zero-order chi connectivity index (χ0) is 7.40. The Balaban J connectivity index is 2.25. The van der Waals surface area contributed by atoms with E-state index in [-0.39, 0.29) is 18.3 Å². The highest BCUT2D eigenvalue weighted by Crippen LogP contribution is 2.08. The molecular weight excluding hydrogens is 130 g/mol. The summed E-state index contributed by atoms with van der Waals surface area (Å²) < 4.78 is 4.74. The minimum atomic E-state index is 0.208. The summed E-state index contributed by atoms with van der Waals surface area (Å²) in [5, 5.41) is 3.14. The van der Waals surface area contributed by atoms with Gasteiger partial charge in [0.05, 0.1) is 0 Å². The van der Waals surface area contributed by atoms with Gasteiger partial charge in [-0.05, 0) is 13.0 Å². The summed E-state index contributed by atoms with van der Waals surface area (Å²) in [5.41, 5.74) is 0. The molecule has 0 aliphatic carbocycles. The number of hydrogen-bond acceptors (Lipinski definition) is 3. The van der Waals surface area contributed by atoms with E-state index in [1.807, 2.05) is 0 Å². The second-order valence-electron chi connectivity index (χ2n) is 2.59. The van der Waals surface area contributed by atoms with Crippen molar-refractivity contribution in [2.24, 2.45) is 5.92 Å². The lowest BCUT2D eigenvalue weighted by molar-refractivity contribution is -0.125. The summed E-state index contributed by atoms with van der Waals surface area (Å²) in [4.78, 5) is 11.1. The Morgan fingerprint density at radius 2 is 2.60 bits per heavy atom. The number of ether oxygens (including phenoxy) is 1. The van der Waals surface area contributed by atoms with Crippen LogP contribution < -0.4 is 5.32 Å². The molecule has 0 amide bonds. The Morgan fingerprint density at radius 3 is 3.10 bits per heavy atom. The largest absolute Gasteiger partial charge is 0.377 e. The number of ketones is 1. The lowest BCUT2D eigenvalue weighted by Crippen LogP contribution is -2.21. The van der Waals surface area contributed by atoms with Crippen LogP contribution in [-0.2, 0) is 9.53 Å². The smallest absolute Gasteiger partial charge is 0.162 e. The van der Waals surface area contributed by atoms with E-state index in [0.717, 1.165) is 19.5 Å². The number of Topliss-reactive ketones (excluding diaryl/α,β-unsaturated/α-hetero) is 1. The van der Waals surface area contributed by atoms with Crippen LogP contribution in [0.15, 0.2) is 0 Å². The second-order valence-corrected chi connectivity index (χ2v) is 2.59. The molecule has 1 atom stereocenters. The van der Waals surface area contributed by atoms with Crippen LogP contribution in [0.4, 0.5) is 0 Å². The fraction of sp³-hybridized carbons (Fsp3) is 0.857. The first-order valence-corrected chi connectivity index (χ1v) is 3.57. The highest BCUT2D eigenvalue weighted by molar-refractivity contribution is 5.82. The summed E-state index contributed by atoms with van der Waals surface area (Å²) in [5.74, 6) is 0.437. The molecule has 1 fully saturated rings. The molecule has 1 N–H and O–H groups in total. The van der Waals surface area contributed by atoms with E-state index >= 15 is 0 Å². The topological polar surface area (TPSA) is 38.3 Å². The number of rotatable bonds is 3. The molecule has 0 aromatic carbocycles. The van der Waals surface area contributed by atoms with Crippen molar-refractivity contribution in [3.8, 4) is 0 Å². The van der Waals surface area contributed by atoms with Gasteiger partial charge in [0.1, 0.15) is 6.61 Å². The predicted octanol–water partition coefficient (Wildman–Crippen LogP) is -0.189. The van der Waals surface area contributed by atoms with Crippen molar-refractivity contribution >= 4 is 5.78 Å². The van der Waals surface area contributed by atoms with Gasteiger partial charge >= 0.3 is 0 Å². The maximum absolute atomic E-state index is 11.1. The van der Waals surface area contributed by atoms with Crippen molar-refractivity contribution in [2.75, 3.05) is 26.8 Å². The SMILES string of the molecule is COCC(=O)[C@@H]1CCNC1. The number of hydrogen-bond donors (Lipinski definition) is 1. The molecule has 0 aromatic rings. The molecule has 0 spiro atoms. The predicted molar refractivity (Wildman–Crippen MR) is 37.9 cm³/mol. The van der Waals surface area contributed by atoms with Crippen LogP contribution in [0.25, 0.3) is 0 Å². The van der Waals surface area contributed by atoms with Crippen LogP contribution in [0.3, 0.4) is 0 Å². The number of nitrogens with one attached hydrogen (secondary N) is 1. The fourth-order valence-corrected chi connectivity index (χ4v) is 1.19. The normalized spacial score (nSPS) is 25.1. The van der Waals surface area contributed by atoms with E-state index in [4.69, 9.17) is 4.74 Å². The molecule has 3 heteroatoms. The maximum Gasteiger partial charge on any atom is 0.162 e. The Bertz CT molecular complexity index is 119. The summed E-state index contributed by atoms with van der Waals surface area (Å²) in [6, 6.07) is 0. The summed E-state index contributed by atoms with van der Waals surface area (Å²) >= 11 is 0. The monoisotopic (exact) mass is 143 g/mol. The van der Waals surface area contributed by atoms with Gasteiger partial charge in [-0.25, -0.2) is 0 Å². The van der Waals surface area contributed by atoms with Crippen LogP contribution in [0.5, 0.6) is 0 Å². The molecule has 0 unspecified atom stereocenters. The lowest BCUT2D eigenvalue weighted by atomic mass is 10.0. The van der Waals surface area contributed by atoms with Crippen LogP contribution in [-0.4, -0.2) is 32.6 Å². The van der Waals surface area contributed by atoms with E-state index < -0.39 is 0 Å². The van der Waals surface area contributed by atoms with Gasteiger partial charge in [-0.15, -0.1) is 0 Å². The van der Waals surface area contributed by atoms with Crippen molar-refractivity contribution in [1.82, 2.24) is 5.32 Å². The van der Waals surface area contributed by atoms with E-state index in [0.29, 0.717) is 0 Å². The molecule has 0 saturated carbocycles. The maximum atomic E-state index is 11.1. The zero-order valence-corrected chi connectivity index (χ0v) is 6.22. The Hall–Kier alpha value is -0.410. The Kier molecular flexibility index (Phi) is 2.83. The van der Waals surface area contributed by atoms with Gasteiger partial charge in [0.15, 0.2) is 5.78 Å². The van der Waals surface area contributed by atoms with Crippen molar-refractivity contribution in [1.29, 1.82) is 0 Å². The molecule has 0 aromatic heterocycles. The minimum Gasteiger partial charge on any atom is -0.377 e. The molecule has 1 rings (SSSR count). The summed E-state index contributed by atoms with van der Waals surface area (Å²) in [6.45, 7) is 2.08. The van der Waals surface area contributed by atoms with E-state index in [2.05, 4.69) is 5.32 Å². The quantitative estimate of drug-likeness (QED) is 0.595. The summed E-state index contributed by atoms with van der Waals surface area (Å²) in [6.07, 6.45) is 0.974. The molecular formula is C7H13NO2. The number of carbonyl (C=O) groups is 1. The molecule has 1 heterocycles. The fourth-order valence-electron chi connectivity index (χ4n) is 1.19. The van der Waals surface area contributed by atoms with Gasteiger partial charge in [-0.1, -0.05) is 0 Å². The third kappa shape index (κ3) is 1.78. The minimum absolute atomic E-state index is 0.208. The average Bonchev–Trinajstić information content (AvgIpc) is 2.38. The van der Waals surface area contributed by atoms with Gasteiger partial charge in [-0.2, -0.15) is 0 Å². The van der Waals surface area contributed by atoms with Crippen molar-refractivity contribution in [2.45, 2.75) is 6.42 Å². The molecule has 0 radical (unpaired) electrons. The van der Waals surface area contributed by atoms with Gasteiger partial charge in [0.2, 0.25) is 0 Å². The molecule has 58 valence electrons. The first kappa shape index (κ1) is 7.69. The molecule has 1 aliphatic rings. The third-order valence-corrected chi connectivity index (χ3v) is 1.80. The van der Waals surface area contributed by atoms with Gasteiger partial charge in [-0.3, -0.25) is 4.79 Å². The lowest BCUT2D eigenvalue weighted by Gasteiger charge is -2.04. The van der Waals surface area contributed by atoms with Crippen LogP contribution in [0, 0.1) is 5.92 Å². The molecule has 1 aliphatic heterocycles.